The lowest BCUT2D eigenvalue weighted by molar-refractivity contribution is -0.753. The molecule has 0 amide bonds. The van der Waals surface area contributed by atoms with Gasteiger partial charge in [0.25, 0.3) is 0 Å². The van der Waals surface area contributed by atoms with E-state index in [1.807, 2.05) is 40.8 Å². The maximum absolute atomic E-state index is 11.2. The Balaban J connectivity index is 3.92. The van der Waals surface area contributed by atoms with Crippen LogP contribution >= 0.6 is 0 Å². The summed E-state index contributed by atoms with van der Waals surface area (Å²) < 4.78 is 5.75. The van der Waals surface area contributed by atoms with Crippen LogP contribution in [0.3, 0.4) is 0 Å². The van der Waals surface area contributed by atoms with Crippen LogP contribution in [-0.4, -0.2) is 47.1 Å². The summed E-state index contributed by atoms with van der Waals surface area (Å²) in [4.78, 5) is 11.2. The molecule has 0 N–H and O–H groups in total. The highest BCUT2D eigenvalue weighted by molar-refractivity contribution is 6.77. The summed E-state index contributed by atoms with van der Waals surface area (Å²) in [6, 6.07) is 0. The molecule has 0 spiro atoms. The highest BCUT2D eigenvalue weighted by Gasteiger charge is 2.17. The minimum Gasteiger partial charge on any atom is -0.558 e. The van der Waals surface area contributed by atoms with Gasteiger partial charge in [-0.2, -0.15) is 0 Å². The van der Waals surface area contributed by atoms with Gasteiger partial charge in [0.15, 0.2) is 0 Å². The summed E-state index contributed by atoms with van der Waals surface area (Å²) in [6.45, 7) is 5.98. The summed E-state index contributed by atoms with van der Waals surface area (Å²) in [5, 5.41) is 0. The Morgan fingerprint density at radius 2 is 1.67 bits per heavy atom. The van der Waals surface area contributed by atoms with Crippen molar-refractivity contribution in [3.63, 3.8) is 0 Å². The molecule has 0 heterocycles. The largest absolute Gasteiger partial charge is 0.558 e. The predicted octanol–water partition coefficient (Wildman–Crippen LogP) is 1.28. The van der Waals surface area contributed by atoms with E-state index in [4.69, 9.17) is 4.43 Å². The zero-order valence-electron chi connectivity index (χ0n) is 8.84. The van der Waals surface area contributed by atoms with E-state index in [1.54, 1.807) is 7.41 Å². The normalized spacial score (nSPS) is 12.8. The van der Waals surface area contributed by atoms with Crippen molar-refractivity contribution in [3.05, 3.63) is 0 Å². The third-order valence-electron chi connectivity index (χ3n) is 0.899. The molecule has 0 saturated heterocycles. The average molecular weight is 187 g/mol. The first-order valence-corrected chi connectivity index (χ1v) is 7.41. The van der Waals surface area contributed by atoms with Crippen LogP contribution in [0.2, 0.25) is 19.6 Å². The van der Waals surface area contributed by atoms with Crippen LogP contribution in [-0.2, 0) is 4.43 Å². The van der Waals surface area contributed by atoms with Crippen LogP contribution < -0.4 is 0 Å². The van der Waals surface area contributed by atoms with Gasteiger partial charge in [0.05, 0.1) is 0 Å². The maximum Gasteiger partial charge on any atom is 0.241 e. The van der Waals surface area contributed by atoms with Crippen molar-refractivity contribution in [3.8, 4) is 0 Å². The molecule has 12 heavy (non-hydrogen) atoms. The molecule has 0 aromatic heterocycles. The van der Waals surface area contributed by atoms with Gasteiger partial charge in [0.1, 0.15) is 13.3 Å². The molecule has 0 aromatic rings. The third-order valence-corrected chi connectivity index (χ3v) is 1.71. The quantitative estimate of drug-likeness (QED) is 0.622. The highest BCUT2D eigenvalue weighted by Crippen LogP contribution is 2.04. The zero-order chi connectivity index (χ0) is 9.99. The predicted molar refractivity (Wildman–Crippen MR) is 53.6 cm³/mol. The Morgan fingerprint density at radius 1 is 1.25 bits per heavy atom. The lowest BCUT2D eigenvalue weighted by Gasteiger charge is -2.38. The first-order valence-electron chi connectivity index (χ1n) is 4.00. The molecule has 3 nitrogen and oxygen atoms in total. The van der Waals surface area contributed by atoms with E-state index < -0.39 is 8.32 Å². The summed E-state index contributed by atoms with van der Waals surface area (Å²) in [5.41, 5.74) is 0. The van der Waals surface area contributed by atoms with Crippen molar-refractivity contribution >= 4 is 21.6 Å². The van der Waals surface area contributed by atoms with Gasteiger partial charge in [-0.15, -0.1) is 0 Å². The highest BCUT2D eigenvalue weighted by atomic mass is 28.4. The number of nitrogens with zero attached hydrogens (tertiary/aromatic N) is 1. The average Bonchev–Trinajstić information content (AvgIpc) is 1.49. The van der Waals surface area contributed by atoms with E-state index in [0.29, 0.717) is 4.39 Å². The second-order valence-corrected chi connectivity index (χ2v) is 9.21. The standard InChI is InChI=1S/C7H18BNO2Si/c1-9(2,3)8-7(10)11-12(4,5)6/h1-6H3. The Morgan fingerprint density at radius 3 is 1.92 bits per heavy atom. The van der Waals surface area contributed by atoms with Crippen molar-refractivity contribution in [2.75, 3.05) is 21.1 Å². The first-order chi connectivity index (χ1) is 5.10. The number of carbonyl (C=O) groups excluding carboxylic acids is 1. The van der Waals surface area contributed by atoms with Crippen LogP contribution in [0.15, 0.2) is 0 Å². The smallest absolute Gasteiger partial charge is 0.241 e. The third kappa shape index (κ3) is 7.81. The maximum atomic E-state index is 11.2. The Bertz CT molecular complexity index is 153. The SMILES string of the molecule is C[N+](C)(C)[B-]C(=O)O[Si](C)(C)C. The molecule has 2 radical (unpaired) electrons. The zero-order valence-corrected chi connectivity index (χ0v) is 9.84. The fourth-order valence-electron chi connectivity index (χ4n) is 0.644. The van der Waals surface area contributed by atoms with Crippen LogP contribution in [0.1, 0.15) is 0 Å². The van der Waals surface area contributed by atoms with Gasteiger partial charge in [-0.05, 0) is 19.6 Å². The van der Waals surface area contributed by atoms with Gasteiger partial charge in [-0.25, -0.2) is 0 Å². The van der Waals surface area contributed by atoms with Crippen LogP contribution in [0, 0.1) is 0 Å². The molecular formula is C7H18BNO2Si. The lowest BCUT2D eigenvalue weighted by Crippen LogP contribution is -2.45. The molecule has 0 aliphatic rings. The number of quaternary nitrogens is 1. The van der Waals surface area contributed by atoms with Gasteiger partial charge in [0, 0.05) is 21.1 Å². The monoisotopic (exact) mass is 187 g/mol. The van der Waals surface area contributed by atoms with E-state index in [2.05, 4.69) is 0 Å². The second-order valence-electron chi connectivity index (χ2n) is 4.78. The fourth-order valence-corrected chi connectivity index (χ4v) is 1.30. The Labute approximate surface area is 76.7 Å². The lowest BCUT2D eigenvalue weighted by atomic mass is 9.90. The van der Waals surface area contributed by atoms with Crippen molar-refractivity contribution in [2.24, 2.45) is 0 Å². The Kier molecular flexibility index (Phi) is 3.53. The van der Waals surface area contributed by atoms with Crippen LogP contribution in [0.25, 0.3) is 0 Å². The number of hydrogen-bond acceptors (Lipinski definition) is 2. The van der Waals surface area contributed by atoms with E-state index in [9.17, 15) is 4.79 Å². The summed E-state index contributed by atoms with van der Waals surface area (Å²) in [5.74, 6) is -0.207. The van der Waals surface area contributed by atoms with Crippen molar-refractivity contribution in [1.82, 2.24) is 0 Å². The number of carbonyl (C=O) groups is 1. The second kappa shape index (κ2) is 3.62. The molecule has 0 aliphatic carbocycles. The number of hydrogen-bond donors (Lipinski definition) is 0. The topological polar surface area (TPSA) is 26.3 Å². The van der Waals surface area contributed by atoms with Gasteiger partial charge < -0.3 is 13.6 Å². The molecule has 70 valence electrons. The molecule has 0 aliphatic heterocycles. The van der Waals surface area contributed by atoms with Crippen LogP contribution in [0.4, 0.5) is 4.79 Å². The van der Waals surface area contributed by atoms with E-state index >= 15 is 0 Å². The molecule has 0 fully saturated rings. The molecule has 0 bridgehead atoms. The molecule has 5 heteroatoms. The molecular weight excluding hydrogens is 169 g/mol. The van der Waals surface area contributed by atoms with Crippen molar-refractivity contribution in [1.29, 1.82) is 0 Å². The number of rotatable bonds is 3. The minimum atomic E-state index is -1.71. The van der Waals surface area contributed by atoms with Crippen LogP contribution in [0.5, 0.6) is 0 Å². The molecule has 0 aromatic carbocycles. The van der Waals surface area contributed by atoms with Crippen molar-refractivity contribution in [2.45, 2.75) is 19.6 Å². The first kappa shape index (κ1) is 11.7. The molecule has 0 saturated carbocycles. The summed E-state index contributed by atoms with van der Waals surface area (Å²) in [6.07, 6.45) is 0. The van der Waals surface area contributed by atoms with Gasteiger partial charge in [0.2, 0.25) is 8.32 Å². The molecule has 0 unspecified atom stereocenters. The molecule has 0 atom stereocenters. The van der Waals surface area contributed by atoms with Gasteiger partial charge in [-0.3, -0.25) is 0 Å². The van der Waals surface area contributed by atoms with Gasteiger partial charge >= 0.3 is 0 Å². The van der Waals surface area contributed by atoms with E-state index in [-0.39, 0.29) is 5.87 Å². The summed E-state index contributed by atoms with van der Waals surface area (Å²) in [7, 11) is 5.62. The van der Waals surface area contributed by atoms with Gasteiger partial charge in [-0.1, -0.05) is 0 Å². The van der Waals surface area contributed by atoms with E-state index in [1.165, 1.54) is 0 Å². The van der Waals surface area contributed by atoms with E-state index in [0.717, 1.165) is 0 Å². The minimum absolute atomic E-state index is 0.207. The molecule has 0 rings (SSSR count). The Hall–Kier alpha value is -0.288. The summed E-state index contributed by atoms with van der Waals surface area (Å²) >= 11 is 0. The fraction of sp³-hybridized carbons (Fsp3) is 0.857. The van der Waals surface area contributed by atoms with Crippen molar-refractivity contribution < 1.29 is 13.6 Å².